The zero-order chi connectivity index (χ0) is 15.0. The number of carbonyl (C=O) groups excluding carboxylic acids is 2. The van der Waals surface area contributed by atoms with Gasteiger partial charge in [-0.25, -0.2) is 0 Å². The normalized spacial score (nSPS) is 14.9. The fraction of sp³-hybridized carbons (Fsp3) is 0.800. The topological polar surface area (TPSA) is 73.2 Å². The van der Waals surface area contributed by atoms with E-state index in [9.17, 15) is 14.9 Å². The molecule has 1 aliphatic rings. The third-order valence-corrected chi connectivity index (χ3v) is 3.86. The summed E-state index contributed by atoms with van der Waals surface area (Å²) in [5.74, 6) is -0.341. The van der Waals surface area contributed by atoms with E-state index in [2.05, 4.69) is 11.4 Å². The average molecular weight is 279 g/mol. The van der Waals surface area contributed by atoms with Gasteiger partial charge in [-0.3, -0.25) is 9.59 Å². The number of carbonyl (C=O) groups is 2. The van der Waals surface area contributed by atoms with Crippen LogP contribution in [-0.4, -0.2) is 36.3 Å². The molecule has 1 rings (SSSR count). The Hall–Kier alpha value is -1.57. The van der Waals surface area contributed by atoms with E-state index in [1.165, 1.54) is 0 Å². The van der Waals surface area contributed by atoms with Crippen molar-refractivity contribution in [2.45, 2.75) is 52.4 Å². The number of nitrogens with zero attached hydrogens (tertiary/aromatic N) is 2. The second kappa shape index (κ2) is 7.88. The van der Waals surface area contributed by atoms with E-state index in [0.29, 0.717) is 12.8 Å². The fourth-order valence-electron chi connectivity index (χ4n) is 2.77. The van der Waals surface area contributed by atoms with Crippen LogP contribution in [-0.2, 0) is 9.59 Å². The molecule has 1 heterocycles. The number of hydrogen-bond acceptors (Lipinski definition) is 3. The van der Waals surface area contributed by atoms with E-state index in [4.69, 9.17) is 0 Å². The van der Waals surface area contributed by atoms with Gasteiger partial charge in [-0.2, -0.15) is 5.26 Å². The molecule has 0 atom stereocenters. The molecule has 2 amide bonds. The molecule has 0 radical (unpaired) electrons. The quantitative estimate of drug-likeness (QED) is 0.772. The van der Waals surface area contributed by atoms with E-state index >= 15 is 0 Å². The first-order chi connectivity index (χ1) is 9.59. The van der Waals surface area contributed by atoms with Crippen LogP contribution in [0.5, 0.6) is 0 Å². The predicted octanol–water partition coefficient (Wildman–Crippen LogP) is 1.84. The minimum Gasteiger partial charge on any atom is -0.346 e. The van der Waals surface area contributed by atoms with E-state index in [1.807, 2.05) is 13.8 Å². The Morgan fingerprint density at radius 2 is 1.75 bits per heavy atom. The number of rotatable bonds is 7. The SMILES string of the molecule is CCCC(C#N)(CCC)C(=O)NCC(=O)N1CCCC1. The predicted molar refractivity (Wildman–Crippen MR) is 76.7 cm³/mol. The lowest BCUT2D eigenvalue weighted by Crippen LogP contribution is -2.45. The highest BCUT2D eigenvalue weighted by atomic mass is 16.2. The molecule has 0 spiro atoms. The van der Waals surface area contributed by atoms with Gasteiger partial charge in [0.05, 0.1) is 12.6 Å². The number of hydrogen-bond donors (Lipinski definition) is 1. The first-order valence-corrected chi connectivity index (χ1v) is 7.57. The summed E-state index contributed by atoms with van der Waals surface area (Å²) in [6.07, 6.45) is 4.71. The molecule has 0 aromatic rings. The molecule has 0 aliphatic carbocycles. The van der Waals surface area contributed by atoms with Crippen molar-refractivity contribution in [1.29, 1.82) is 5.26 Å². The van der Waals surface area contributed by atoms with Crippen molar-refractivity contribution in [3.05, 3.63) is 0 Å². The molecule has 1 fully saturated rings. The summed E-state index contributed by atoms with van der Waals surface area (Å²) in [6.45, 7) is 5.49. The maximum absolute atomic E-state index is 12.3. The molecule has 20 heavy (non-hydrogen) atoms. The second-order valence-electron chi connectivity index (χ2n) is 5.46. The Bertz CT molecular complexity index is 375. The van der Waals surface area contributed by atoms with E-state index in [0.717, 1.165) is 38.8 Å². The molecule has 112 valence electrons. The van der Waals surface area contributed by atoms with Gasteiger partial charge in [0.15, 0.2) is 0 Å². The maximum Gasteiger partial charge on any atom is 0.241 e. The summed E-state index contributed by atoms with van der Waals surface area (Å²) in [5.41, 5.74) is -0.977. The molecule has 1 saturated heterocycles. The van der Waals surface area contributed by atoms with Crippen molar-refractivity contribution in [1.82, 2.24) is 10.2 Å². The molecular formula is C15H25N3O2. The Morgan fingerprint density at radius 1 is 1.20 bits per heavy atom. The minimum absolute atomic E-state index is 0.00961. The zero-order valence-electron chi connectivity index (χ0n) is 12.6. The maximum atomic E-state index is 12.3. The summed E-state index contributed by atoms with van der Waals surface area (Å²) >= 11 is 0. The largest absolute Gasteiger partial charge is 0.346 e. The standard InChI is InChI=1S/C15H25N3O2/c1-3-7-15(12-16,8-4-2)14(20)17-11-13(19)18-9-5-6-10-18/h3-11H2,1-2H3,(H,17,20). The van der Waals surface area contributed by atoms with Crippen LogP contribution in [0.4, 0.5) is 0 Å². The first kappa shape index (κ1) is 16.5. The van der Waals surface area contributed by atoms with Crippen molar-refractivity contribution >= 4 is 11.8 Å². The van der Waals surface area contributed by atoms with Crippen molar-refractivity contribution in [2.75, 3.05) is 19.6 Å². The number of likely N-dealkylation sites (tertiary alicyclic amines) is 1. The molecule has 0 aromatic carbocycles. The van der Waals surface area contributed by atoms with Crippen LogP contribution in [0.2, 0.25) is 0 Å². The Kier molecular flexibility index (Phi) is 6.50. The molecule has 5 heteroatoms. The highest BCUT2D eigenvalue weighted by Crippen LogP contribution is 2.29. The average Bonchev–Trinajstić information content (AvgIpc) is 2.98. The van der Waals surface area contributed by atoms with Gasteiger partial charge >= 0.3 is 0 Å². The first-order valence-electron chi connectivity index (χ1n) is 7.57. The lowest BCUT2D eigenvalue weighted by atomic mass is 9.80. The number of nitriles is 1. The van der Waals surface area contributed by atoms with Crippen LogP contribution < -0.4 is 5.32 Å². The van der Waals surface area contributed by atoms with Crippen LogP contribution in [0.25, 0.3) is 0 Å². The summed E-state index contributed by atoms with van der Waals surface area (Å²) in [5, 5.41) is 12.0. The van der Waals surface area contributed by atoms with Gasteiger partial charge in [0.2, 0.25) is 11.8 Å². The summed E-state index contributed by atoms with van der Waals surface area (Å²) in [6, 6.07) is 2.17. The monoisotopic (exact) mass is 279 g/mol. The van der Waals surface area contributed by atoms with Gasteiger partial charge in [-0.05, 0) is 25.7 Å². The van der Waals surface area contributed by atoms with Gasteiger partial charge in [-0.1, -0.05) is 26.7 Å². The third-order valence-electron chi connectivity index (χ3n) is 3.86. The zero-order valence-corrected chi connectivity index (χ0v) is 12.6. The highest BCUT2D eigenvalue weighted by Gasteiger charge is 2.37. The molecule has 0 saturated carbocycles. The number of amides is 2. The Balaban J connectivity index is 2.57. The van der Waals surface area contributed by atoms with Gasteiger partial charge < -0.3 is 10.2 Å². The van der Waals surface area contributed by atoms with Crippen LogP contribution >= 0.6 is 0 Å². The smallest absolute Gasteiger partial charge is 0.241 e. The van der Waals surface area contributed by atoms with Crippen molar-refractivity contribution in [3.63, 3.8) is 0 Å². The lowest BCUT2D eigenvalue weighted by Gasteiger charge is -2.25. The van der Waals surface area contributed by atoms with Crippen LogP contribution in [0, 0.1) is 16.7 Å². The van der Waals surface area contributed by atoms with E-state index in [-0.39, 0.29) is 18.4 Å². The second-order valence-corrected chi connectivity index (χ2v) is 5.46. The summed E-state index contributed by atoms with van der Waals surface area (Å²) in [4.78, 5) is 26.0. The minimum atomic E-state index is -0.977. The van der Waals surface area contributed by atoms with Crippen LogP contribution in [0.1, 0.15) is 52.4 Å². The van der Waals surface area contributed by atoms with Gasteiger partial charge in [0.1, 0.15) is 5.41 Å². The molecule has 1 N–H and O–H groups in total. The third kappa shape index (κ3) is 3.96. The highest BCUT2D eigenvalue weighted by molar-refractivity contribution is 5.89. The Morgan fingerprint density at radius 3 is 2.20 bits per heavy atom. The molecule has 1 aliphatic heterocycles. The molecular weight excluding hydrogens is 254 g/mol. The number of nitrogens with one attached hydrogen (secondary N) is 1. The Labute approximate surface area is 121 Å². The van der Waals surface area contributed by atoms with Gasteiger partial charge in [0, 0.05) is 13.1 Å². The van der Waals surface area contributed by atoms with E-state index in [1.54, 1.807) is 4.90 Å². The summed E-state index contributed by atoms with van der Waals surface area (Å²) in [7, 11) is 0. The fourth-order valence-corrected chi connectivity index (χ4v) is 2.77. The molecule has 0 unspecified atom stereocenters. The molecule has 0 bridgehead atoms. The van der Waals surface area contributed by atoms with Gasteiger partial charge in [0.25, 0.3) is 0 Å². The van der Waals surface area contributed by atoms with Crippen molar-refractivity contribution in [3.8, 4) is 6.07 Å². The van der Waals surface area contributed by atoms with E-state index < -0.39 is 5.41 Å². The van der Waals surface area contributed by atoms with Crippen LogP contribution in [0.3, 0.4) is 0 Å². The summed E-state index contributed by atoms with van der Waals surface area (Å²) < 4.78 is 0. The lowest BCUT2D eigenvalue weighted by molar-refractivity contribution is -0.134. The van der Waals surface area contributed by atoms with Crippen molar-refractivity contribution in [2.24, 2.45) is 5.41 Å². The molecule has 5 nitrogen and oxygen atoms in total. The van der Waals surface area contributed by atoms with Crippen molar-refractivity contribution < 1.29 is 9.59 Å². The van der Waals surface area contributed by atoms with Crippen LogP contribution in [0.15, 0.2) is 0 Å². The van der Waals surface area contributed by atoms with Gasteiger partial charge in [-0.15, -0.1) is 0 Å². The molecule has 0 aromatic heterocycles.